The van der Waals surface area contributed by atoms with Crippen molar-refractivity contribution in [3.63, 3.8) is 0 Å². The number of hydrogen-bond donors (Lipinski definition) is 0. The molecule has 0 aromatic rings. The molecule has 21 heavy (non-hydrogen) atoms. The molecule has 0 aromatic heterocycles. The number of carbonyl (C=O) groups is 2. The number of carbonyl (C=O) groups excluding carboxylic acids is 2. The SMILES string of the molecule is CCC1C(=O)N2CCCCC2C(=O)N1C1(C)CCCOC1. The average Bonchev–Trinajstić information content (AvgIpc) is 2.51. The summed E-state index contributed by atoms with van der Waals surface area (Å²) in [6, 6.07) is -0.536. The van der Waals surface area contributed by atoms with Crippen LogP contribution in [0.25, 0.3) is 0 Å². The Labute approximate surface area is 126 Å². The molecule has 3 atom stereocenters. The molecular weight excluding hydrogens is 268 g/mol. The van der Waals surface area contributed by atoms with E-state index in [2.05, 4.69) is 6.92 Å². The van der Waals surface area contributed by atoms with Gasteiger partial charge < -0.3 is 14.5 Å². The van der Waals surface area contributed by atoms with Crippen LogP contribution in [0.15, 0.2) is 0 Å². The van der Waals surface area contributed by atoms with Crippen molar-refractivity contribution in [3.8, 4) is 0 Å². The lowest BCUT2D eigenvalue weighted by molar-refractivity contribution is -0.176. The van der Waals surface area contributed by atoms with Crippen molar-refractivity contribution in [1.29, 1.82) is 0 Å². The lowest BCUT2D eigenvalue weighted by atomic mass is 9.85. The predicted octanol–water partition coefficient (Wildman–Crippen LogP) is 1.56. The summed E-state index contributed by atoms with van der Waals surface area (Å²) in [5.41, 5.74) is -0.324. The van der Waals surface area contributed by atoms with Gasteiger partial charge in [-0.25, -0.2) is 0 Å². The van der Waals surface area contributed by atoms with Crippen LogP contribution in [-0.4, -0.2) is 59.0 Å². The Kier molecular flexibility index (Phi) is 3.95. The average molecular weight is 294 g/mol. The highest BCUT2D eigenvalue weighted by atomic mass is 16.5. The minimum Gasteiger partial charge on any atom is -0.379 e. The Hall–Kier alpha value is -1.10. The highest BCUT2D eigenvalue weighted by Gasteiger charge is 2.52. The number of hydrogen-bond acceptors (Lipinski definition) is 3. The Morgan fingerprint density at radius 3 is 2.71 bits per heavy atom. The molecule has 0 aliphatic carbocycles. The van der Waals surface area contributed by atoms with Gasteiger partial charge in [-0.15, -0.1) is 0 Å². The summed E-state index contributed by atoms with van der Waals surface area (Å²) in [7, 11) is 0. The van der Waals surface area contributed by atoms with E-state index in [9.17, 15) is 9.59 Å². The summed E-state index contributed by atoms with van der Waals surface area (Å²) in [5.74, 6) is 0.294. The zero-order valence-corrected chi connectivity index (χ0v) is 13.1. The van der Waals surface area contributed by atoms with E-state index in [0.29, 0.717) is 13.0 Å². The number of piperidine rings is 1. The maximum absolute atomic E-state index is 13.1. The van der Waals surface area contributed by atoms with Crippen molar-refractivity contribution < 1.29 is 14.3 Å². The van der Waals surface area contributed by atoms with Gasteiger partial charge in [-0.2, -0.15) is 0 Å². The van der Waals surface area contributed by atoms with Gasteiger partial charge in [-0.3, -0.25) is 9.59 Å². The van der Waals surface area contributed by atoms with E-state index >= 15 is 0 Å². The first kappa shape index (κ1) is 14.8. The summed E-state index contributed by atoms with van der Waals surface area (Å²) >= 11 is 0. The maximum Gasteiger partial charge on any atom is 0.246 e. The topological polar surface area (TPSA) is 49.9 Å². The molecule has 0 spiro atoms. The fourth-order valence-corrected chi connectivity index (χ4v) is 4.18. The van der Waals surface area contributed by atoms with Gasteiger partial charge in [0.1, 0.15) is 12.1 Å². The Morgan fingerprint density at radius 2 is 2.05 bits per heavy atom. The van der Waals surface area contributed by atoms with Crippen molar-refractivity contribution in [1.82, 2.24) is 9.80 Å². The Balaban J connectivity index is 1.93. The summed E-state index contributed by atoms with van der Waals surface area (Å²) in [6.45, 7) is 6.14. The standard InChI is InChI=1S/C16H26N2O3/c1-3-12-14(19)17-9-5-4-7-13(17)15(20)18(12)16(2)8-6-10-21-11-16/h12-13H,3-11H2,1-2H3. The van der Waals surface area contributed by atoms with E-state index in [4.69, 9.17) is 4.74 Å². The number of nitrogens with zero attached hydrogens (tertiary/aromatic N) is 2. The third-order valence-electron chi connectivity index (χ3n) is 5.29. The minimum atomic E-state index is -0.324. The van der Waals surface area contributed by atoms with Crippen LogP contribution in [0.4, 0.5) is 0 Å². The quantitative estimate of drug-likeness (QED) is 0.776. The first-order valence-electron chi connectivity index (χ1n) is 8.30. The number of fused-ring (bicyclic) bond motifs is 1. The summed E-state index contributed by atoms with van der Waals surface area (Å²) in [5, 5.41) is 0. The highest BCUT2D eigenvalue weighted by molar-refractivity contribution is 5.97. The Bertz CT molecular complexity index is 431. The largest absolute Gasteiger partial charge is 0.379 e. The lowest BCUT2D eigenvalue weighted by Gasteiger charge is -2.54. The molecule has 3 aliphatic rings. The van der Waals surface area contributed by atoms with Crippen LogP contribution in [0.1, 0.15) is 52.4 Å². The molecular formula is C16H26N2O3. The van der Waals surface area contributed by atoms with Gasteiger partial charge in [0, 0.05) is 13.2 Å². The molecule has 0 saturated carbocycles. The smallest absolute Gasteiger partial charge is 0.246 e. The van der Waals surface area contributed by atoms with Crippen LogP contribution >= 0.6 is 0 Å². The molecule has 5 nitrogen and oxygen atoms in total. The molecule has 0 bridgehead atoms. The van der Waals surface area contributed by atoms with Gasteiger partial charge in [0.2, 0.25) is 11.8 Å². The zero-order chi connectivity index (χ0) is 15.0. The molecule has 118 valence electrons. The third-order valence-corrected chi connectivity index (χ3v) is 5.29. The van der Waals surface area contributed by atoms with Gasteiger partial charge in [0.15, 0.2) is 0 Å². The maximum atomic E-state index is 13.1. The number of ether oxygens (including phenoxy) is 1. The molecule has 2 amide bonds. The molecule has 3 saturated heterocycles. The predicted molar refractivity (Wildman–Crippen MR) is 78.7 cm³/mol. The number of piperazine rings is 1. The summed E-state index contributed by atoms with van der Waals surface area (Å²) < 4.78 is 5.63. The lowest BCUT2D eigenvalue weighted by Crippen LogP contribution is -2.71. The van der Waals surface area contributed by atoms with Gasteiger partial charge in [-0.1, -0.05) is 6.92 Å². The van der Waals surface area contributed by atoms with Crippen LogP contribution in [0.2, 0.25) is 0 Å². The van der Waals surface area contributed by atoms with Crippen LogP contribution in [0.5, 0.6) is 0 Å². The summed E-state index contributed by atoms with van der Waals surface area (Å²) in [4.78, 5) is 29.6. The van der Waals surface area contributed by atoms with Crippen LogP contribution in [-0.2, 0) is 14.3 Å². The van der Waals surface area contributed by atoms with Crippen molar-refractivity contribution in [2.45, 2.75) is 70.0 Å². The molecule has 3 aliphatic heterocycles. The van der Waals surface area contributed by atoms with E-state index in [1.807, 2.05) is 16.7 Å². The second kappa shape index (κ2) is 5.59. The van der Waals surface area contributed by atoms with Gasteiger partial charge in [-0.05, 0) is 45.4 Å². The van der Waals surface area contributed by atoms with Crippen molar-refractivity contribution in [2.24, 2.45) is 0 Å². The van der Waals surface area contributed by atoms with E-state index in [0.717, 1.165) is 45.3 Å². The second-order valence-electron chi connectivity index (χ2n) is 6.83. The molecule has 0 aromatic carbocycles. The number of rotatable bonds is 2. The van der Waals surface area contributed by atoms with Crippen LogP contribution in [0.3, 0.4) is 0 Å². The fraction of sp³-hybridized carbons (Fsp3) is 0.875. The van der Waals surface area contributed by atoms with Gasteiger partial charge >= 0.3 is 0 Å². The van der Waals surface area contributed by atoms with Gasteiger partial charge in [0.25, 0.3) is 0 Å². The van der Waals surface area contributed by atoms with E-state index in [1.54, 1.807) is 0 Å². The van der Waals surface area contributed by atoms with Crippen molar-refractivity contribution in [3.05, 3.63) is 0 Å². The van der Waals surface area contributed by atoms with E-state index in [-0.39, 0.29) is 29.4 Å². The molecule has 3 fully saturated rings. The first-order chi connectivity index (χ1) is 10.1. The molecule has 3 heterocycles. The normalized spacial score (nSPS) is 37.6. The minimum absolute atomic E-state index is 0.147. The fourth-order valence-electron chi connectivity index (χ4n) is 4.18. The second-order valence-corrected chi connectivity index (χ2v) is 6.83. The van der Waals surface area contributed by atoms with Crippen molar-refractivity contribution >= 4 is 11.8 Å². The third kappa shape index (κ3) is 2.35. The van der Waals surface area contributed by atoms with Crippen molar-refractivity contribution in [2.75, 3.05) is 19.8 Å². The van der Waals surface area contributed by atoms with Crippen LogP contribution < -0.4 is 0 Å². The molecule has 0 radical (unpaired) electrons. The van der Waals surface area contributed by atoms with E-state index < -0.39 is 0 Å². The number of amides is 2. The van der Waals surface area contributed by atoms with E-state index in [1.165, 1.54) is 0 Å². The molecule has 3 unspecified atom stereocenters. The molecule has 3 rings (SSSR count). The molecule has 0 N–H and O–H groups in total. The molecule has 5 heteroatoms. The first-order valence-corrected chi connectivity index (χ1v) is 8.30. The van der Waals surface area contributed by atoms with Crippen LogP contribution in [0, 0.1) is 0 Å². The monoisotopic (exact) mass is 294 g/mol. The highest BCUT2D eigenvalue weighted by Crippen LogP contribution is 2.35. The summed E-state index contributed by atoms with van der Waals surface area (Å²) in [6.07, 6.45) is 5.44. The van der Waals surface area contributed by atoms with Gasteiger partial charge in [0.05, 0.1) is 12.1 Å². The zero-order valence-electron chi connectivity index (χ0n) is 13.1. The Morgan fingerprint density at radius 1 is 1.24 bits per heavy atom.